The quantitative estimate of drug-likeness (QED) is 0.876. The molecule has 3 rings (SSSR count). The maximum atomic E-state index is 10.8. The molecule has 1 aromatic heterocycles. The molecule has 1 aromatic carbocycles. The van der Waals surface area contributed by atoms with Gasteiger partial charge in [-0.1, -0.05) is 23.7 Å². The molecule has 3 nitrogen and oxygen atoms in total. The smallest absolute Gasteiger partial charge is 0.0971 e. The SMILES string of the molecule is C=CCC1(Cn2ccnc2)Sc2cc(Cl)ccc2C1O. The van der Waals surface area contributed by atoms with Crippen molar-refractivity contribution in [2.45, 2.75) is 28.7 Å². The van der Waals surface area contributed by atoms with Gasteiger partial charge in [-0.05, 0) is 24.1 Å². The number of allylic oxidation sites excluding steroid dienone is 1. The summed E-state index contributed by atoms with van der Waals surface area (Å²) in [5.74, 6) is 0. The number of imidazole rings is 1. The molecule has 5 heteroatoms. The topological polar surface area (TPSA) is 38.0 Å². The molecule has 0 amide bonds. The van der Waals surface area contributed by atoms with Gasteiger partial charge in [-0.2, -0.15) is 0 Å². The van der Waals surface area contributed by atoms with E-state index in [1.54, 1.807) is 24.3 Å². The molecule has 1 aliphatic heterocycles. The highest BCUT2D eigenvalue weighted by atomic mass is 35.5. The zero-order valence-electron chi connectivity index (χ0n) is 10.9. The van der Waals surface area contributed by atoms with Crippen LogP contribution in [0.4, 0.5) is 0 Å². The molecule has 104 valence electrons. The van der Waals surface area contributed by atoms with Gasteiger partial charge in [0.25, 0.3) is 0 Å². The number of hydrogen-bond donors (Lipinski definition) is 1. The van der Waals surface area contributed by atoms with E-state index in [9.17, 15) is 5.11 Å². The normalized spacial score (nSPS) is 24.6. The number of rotatable bonds is 4. The predicted molar refractivity (Wildman–Crippen MR) is 82.0 cm³/mol. The van der Waals surface area contributed by atoms with Crippen LogP contribution < -0.4 is 0 Å². The molecule has 1 N–H and O–H groups in total. The summed E-state index contributed by atoms with van der Waals surface area (Å²) in [5, 5.41) is 11.5. The van der Waals surface area contributed by atoms with E-state index in [4.69, 9.17) is 11.6 Å². The van der Waals surface area contributed by atoms with Crippen LogP contribution >= 0.6 is 23.4 Å². The molecule has 0 spiro atoms. The first-order chi connectivity index (χ1) is 9.64. The Kier molecular flexibility index (Phi) is 3.63. The molecule has 20 heavy (non-hydrogen) atoms. The zero-order valence-corrected chi connectivity index (χ0v) is 12.4. The zero-order chi connectivity index (χ0) is 14.2. The second-order valence-corrected chi connectivity index (χ2v) is 6.87. The van der Waals surface area contributed by atoms with Crippen molar-refractivity contribution in [1.29, 1.82) is 0 Å². The van der Waals surface area contributed by atoms with Crippen molar-refractivity contribution in [3.63, 3.8) is 0 Å². The molecule has 0 saturated carbocycles. The summed E-state index contributed by atoms with van der Waals surface area (Å²) >= 11 is 7.73. The monoisotopic (exact) mass is 306 g/mol. The standard InChI is InChI=1S/C15H15ClN2OS/c1-2-5-15(9-18-7-6-17-10-18)14(19)12-4-3-11(16)8-13(12)20-15/h2-4,6-8,10,14,19H,1,5,9H2. The summed E-state index contributed by atoms with van der Waals surface area (Å²) in [6.07, 6.45) is 7.46. The first-order valence-corrected chi connectivity index (χ1v) is 7.57. The van der Waals surface area contributed by atoms with Crippen molar-refractivity contribution >= 4 is 23.4 Å². The Morgan fingerprint density at radius 1 is 1.55 bits per heavy atom. The molecule has 2 aromatic rings. The van der Waals surface area contributed by atoms with E-state index in [0.29, 0.717) is 18.0 Å². The van der Waals surface area contributed by atoms with Gasteiger partial charge in [0.1, 0.15) is 0 Å². The fraction of sp³-hybridized carbons (Fsp3) is 0.267. The van der Waals surface area contributed by atoms with Crippen LogP contribution in [0.1, 0.15) is 18.1 Å². The maximum Gasteiger partial charge on any atom is 0.0971 e. The summed E-state index contributed by atoms with van der Waals surface area (Å²) in [6.45, 7) is 4.52. The largest absolute Gasteiger partial charge is 0.387 e. The van der Waals surface area contributed by atoms with Crippen LogP contribution in [0.15, 0.2) is 54.5 Å². The third-order valence-corrected chi connectivity index (χ3v) is 5.32. The van der Waals surface area contributed by atoms with Crippen molar-refractivity contribution in [3.05, 3.63) is 60.2 Å². The highest BCUT2D eigenvalue weighted by molar-refractivity contribution is 8.01. The Morgan fingerprint density at radius 2 is 2.40 bits per heavy atom. The van der Waals surface area contributed by atoms with Crippen molar-refractivity contribution in [2.24, 2.45) is 0 Å². The molecule has 2 heterocycles. The van der Waals surface area contributed by atoms with E-state index in [-0.39, 0.29) is 4.75 Å². The molecule has 0 aliphatic carbocycles. The number of hydrogen-bond acceptors (Lipinski definition) is 3. The second-order valence-electron chi connectivity index (χ2n) is 4.98. The van der Waals surface area contributed by atoms with Crippen LogP contribution in [-0.2, 0) is 6.54 Å². The third kappa shape index (κ3) is 2.28. The Morgan fingerprint density at radius 3 is 3.10 bits per heavy atom. The fourth-order valence-electron chi connectivity index (χ4n) is 2.65. The lowest BCUT2D eigenvalue weighted by Gasteiger charge is -2.31. The average Bonchev–Trinajstić information content (AvgIpc) is 2.99. The van der Waals surface area contributed by atoms with Gasteiger partial charge in [0.15, 0.2) is 0 Å². The van der Waals surface area contributed by atoms with Crippen LogP contribution in [0.2, 0.25) is 5.02 Å². The number of fused-ring (bicyclic) bond motifs is 1. The molecule has 0 bridgehead atoms. The summed E-state index contributed by atoms with van der Waals surface area (Å²) < 4.78 is 1.64. The van der Waals surface area contributed by atoms with Gasteiger partial charge in [-0.15, -0.1) is 18.3 Å². The van der Waals surface area contributed by atoms with Crippen molar-refractivity contribution in [1.82, 2.24) is 9.55 Å². The van der Waals surface area contributed by atoms with Crippen molar-refractivity contribution in [2.75, 3.05) is 0 Å². The number of halogens is 1. The first kappa shape index (κ1) is 13.7. The highest BCUT2D eigenvalue weighted by Gasteiger charge is 2.45. The van der Waals surface area contributed by atoms with Crippen LogP contribution in [0.25, 0.3) is 0 Å². The lowest BCUT2D eigenvalue weighted by molar-refractivity contribution is 0.123. The molecular formula is C15H15ClN2OS. The van der Waals surface area contributed by atoms with Crippen molar-refractivity contribution in [3.8, 4) is 0 Å². The minimum absolute atomic E-state index is 0.352. The van der Waals surface area contributed by atoms with Gasteiger partial charge in [0.05, 0.1) is 17.2 Å². The van der Waals surface area contributed by atoms with Crippen LogP contribution in [0.3, 0.4) is 0 Å². The molecule has 1 aliphatic rings. The lowest BCUT2D eigenvalue weighted by atomic mass is 9.92. The van der Waals surface area contributed by atoms with Gasteiger partial charge in [-0.3, -0.25) is 0 Å². The number of nitrogens with zero attached hydrogens (tertiary/aromatic N) is 2. The highest BCUT2D eigenvalue weighted by Crippen LogP contribution is 2.55. The number of thioether (sulfide) groups is 1. The Balaban J connectivity index is 1.98. The van der Waals surface area contributed by atoms with E-state index in [0.717, 1.165) is 10.5 Å². The third-order valence-electron chi connectivity index (χ3n) is 3.58. The Hall–Kier alpha value is -1.23. The summed E-state index contributed by atoms with van der Waals surface area (Å²) in [4.78, 5) is 5.12. The minimum atomic E-state index is -0.542. The molecule has 0 fully saturated rings. The van der Waals surface area contributed by atoms with E-state index in [2.05, 4.69) is 11.6 Å². The fourth-order valence-corrected chi connectivity index (χ4v) is 4.46. The summed E-state index contributed by atoms with van der Waals surface area (Å²) in [6, 6.07) is 5.66. The molecule has 0 radical (unpaired) electrons. The summed E-state index contributed by atoms with van der Waals surface area (Å²) in [5.41, 5.74) is 0.946. The number of aliphatic hydroxyl groups excluding tert-OH is 1. The first-order valence-electron chi connectivity index (χ1n) is 6.38. The minimum Gasteiger partial charge on any atom is -0.387 e. The number of aromatic nitrogens is 2. The lowest BCUT2D eigenvalue weighted by Crippen LogP contribution is -2.33. The van der Waals surface area contributed by atoms with Crippen LogP contribution in [-0.4, -0.2) is 19.4 Å². The van der Waals surface area contributed by atoms with Gasteiger partial charge in [-0.25, -0.2) is 4.98 Å². The summed E-state index contributed by atoms with van der Waals surface area (Å²) in [7, 11) is 0. The maximum absolute atomic E-state index is 10.8. The van der Waals surface area contributed by atoms with E-state index < -0.39 is 6.10 Å². The number of aliphatic hydroxyl groups is 1. The van der Waals surface area contributed by atoms with E-state index in [1.165, 1.54) is 0 Å². The van der Waals surface area contributed by atoms with Gasteiger partial charge in [0, 0.05) is 28.9 Å². The second kappa shape index (κ2) is 5.28. The number of benzene rings is 1. The molecule has 2 atom stereocenters. The van der Waals surface area contributed by atoms with Gasteiger partial charge >= 0.3 is 0 Å². The molecule has 0 saturated heterocycles. The van der Waals surface area contributed by atoms with E-state index >= 15 is 0 Å². The van der Waals surface area contributed by atoms with Crippen molar-refractivity contribution < 1.29 is 5.11 Å². The van der Waals surface area contributed by atoms with E-state index in [1.807, 2.05) is 35.0 Å². The van der Waals surface area contributed by atoms with Gasteiger partial charge < -0.3 is 9.67 Å². The Bertz CT molecular complexity index is 629. The molecular weight excluding hydrogens is 292 g/mol. The predicted octanol–water partition coefficient (Wildman–Crippen LogP) is 3.69. The molecule has 2 unspecified atom stereocenters. The van der Waals surface area contributed by atoms with Crippen LogP contribution in [0.5, 0.6) is 0 Å². The Labute approximate surface area is 127 Å². The average molecular weight is 307 g/mol. The van der Waals surface area contributed by atoms with Gasteiger partial charge in [0.2, 0.25) is 0 Å². The van der Waals surface area contributed by atoms with Crippen LogP contribution in [0, 0.1) is 0 Å².